The van der Waals surface area contributed by atoms with E-state index in [4.69, 9.17) is 16.1 Å². The topological polar surface area (TPSA) is 73.0 Å². The summed E-state index contributed by atoms with van der Waals surface area (Å²) in [5, 5.41) is 11.5. The number of anilines is 1. The summed E-state index contributed by atoms with van der Waals surface area (Å²) in [6.45, 7) is 4.40. The average Bonchev–Trinajstić information content (AvgIpc) is 3.20. The fourth-order valence-electron chi connectivity index (χ4n) is 3.47. The third-order valence-electron chi connectivity index (χ3n) is 5.06. The van der Waals surface area contributed by atoms with Crippen molar-refractivity contribution in [3.8, 4) is 0 Å². The quantitative estimate of drug-likeness (QED) is 0.702. The van der Waals surface area contributed by atoms with E-state index < -0.39 is 0 Å². The van der Waals surface area contributed by atoms with Gasteiger partial charge in [-0.05, 0) is 43.4 Å². The van der Waals surface area contributed by atoms with Crippen LogP contribution < -0.4 is 5.32 Å². The molecule has 0 saturated heterocycles. The summed E-state index contributed by atoms with van der Waals surface area (Å²) in [5.41, 5.74) is 2.80. The average molecular weight is 403 g/mol. The Hall–Kier alpha value is -2.67. The van der Waals surface area contributed by atoms with Crippen LogP contribution in [0.15, 0.2) is 28.8 Å². The van der Waals surface area contributed by atoms with Gasteiger partial charge in [0.05, 0.1) is 6.54 Å². The summed E-state index contributed by atoms with van der Waals surface area (Å²) in [6, 6.07) is 6.02. The minimum atomic E-state index is -0.385. The van der Waals surface area contributed by atoms with Crippen LogP contribution in [0.1, 0.15) is 46.4 Å². The Kier molecular flexibility index (Phi) is 4.93. The van der Waals surface area contributed by atoms with Crippen LogP contribution in [0.3, 0.4) is 0 Å². The Bertz CT molecular complexity index is 1040. The maximum absolute atomic E-state index is 13.2. The van der Waals surface area contributed by atoms with Crippen LogP contribution in [0.4, 0.5) is 10.2 Å². The molecule has 8 heteroatoms. The SMILES string of the molecule is Cc1cc(NC(=O)c2noc3c2CC(C)CC3)nn1Cc1ccc(F)cc1Cl. The number of nitrogens with zero attached hydrogens (tertiary/aromatic N) is 3. The third kappa shape index (κ3) is 3.67. The highest BCUT2D eigenvalue weighted by molar-refractivity contribution is 6.31. The van der Waals surface area contributed by atoms with Gasteiger partial charge in [0, 0.05) is 28.8 Å². The van der Waals surface area contributed by atoms with Crippen LogP contribution in [-0.4, -0.2) is 20.8 Å². The van der Waals surface area contributed by atoms with Crippen LogP contribution in [0.2, 0.25) is 5.02 Å². The van der Waals surface area contributed by atoms with E-state index in [9.17, 15) is 9.18 Å². The van der Waals surface area contributed by atoms with Gasteiger partial charge in [-0.1, -0.05) is 29.7 Å². The van der Waals surface area contributed by atoms with Crippen molar-refractivity contribution in [3.63, 3.8) is 0 Å². The third-order valence-corrected chi connectivity index (χ3v) is 5.41. The summed E-state index contributed by atoms with van der Waals surface area (Å²) in [7, 11) is 0. The van der Waals surface area contributed by atoms with E-state index in [1.54, 1.807) is 16.8 Å². The van der Waals surface area contributed by atoms with Gasteiger partial charge >= 0.3 is 0 Å². The molecule has 146 valence electrons. The number of aromatic nitrogens is 3. The largest absolute Gasteiger partial charge is 0.360 e. The second kappa shape index (κ2) is 7.39. The maximum atomic E-state index is 13.2. The van der Waals surface area contributed by atoms with Crippen molar-refractivity contribution < 1.29 is 13.7 Å². The first kappa shape index (κ1) is 18.7. The van der Waals surface area contributed by atoms with Crippen LogP contribution in [0.25, 0.3) is 0 Å². The molecule has 1 aromatic carbocycles. The molecule has 1 atom stereocenters. The molecule has 1 amide bonds. The number of halogens is 2. The first-order valence-corrected chi connectivity index (χ1v) is 9.55. The van der Waals surface area contributed by atoms with Gasteiger partial charge in [-0.3, -0.25) is 9.48 Å². The minimum Gasteiger partial charge on any atom is -0.360 e. The molecule has 0 spiro atoms. The zero-order valence-corrected chi connectivity index (χ0v) is 16.4. The molecule has 2 aromatic heterocycles. The number of hydrogen-bond donors (Lipinski definition) is 1. The standard InChI is InChI=1S/C20H20ClFN4O2/c1-11-3-6-17-15(7-11)19(25-28-17)20(27)23-18-8-12(2)26(24-18)10-13-4-5-14(22)9-16(13)21/h4-5,8-9,11H,3,6-7,10H2,1-2H3,(H,23,24,27). The lowest BCUT2D eigenvalue weighted by atomic mass is 9.88. The molecule has 28 heavy (non-hydrogen) atoms. The van der Waals surface area contributed by atoms with Gasteiger partial charge < -0.3 is 9.84 Å². The molecule has 1 aliphatic rings. The highest BCUT2D eigenvalue weighted by Gasteiger charge is 2.27. The molecule has 4 rings (SSSR count). The highest BCUT2D eigenvalue weighted by atomic mass is 35.5. The Balaban J connectivity index is 1.51. The lowest BCUT2D eigenvalue weighted by Gasteiger charge is -2.16. The van der Waals surface area contributed by atoms with Gasteiger partial charge in [0.15, 0.2) is 11.5 Å². The molecule has 1 aliphatic carbocycles. The second-order valence-electron chi connectivity index (χ2n) is 7.30. The van der Waals surface area contributed by atoms with Gasteiger partial charge in [0.2, 0.25) is 0 Å². The van der Waals surface area contributed by atoms with Gasteiger partial charge in [-0.15, -0.1) is 0 Å². The van der Waals surface area contributed by atoms with Crippen molar-refractivity contribution in [2.45, 2.75) is 39.7 Å². The molecule has 0 saturated carbocycles. The Morgan fingerprint density at radius 2 is 2.25 bits per heavy atom. The maximum Gasteiger partial charge on any atom is 0.279 e. The number of benzene rings is 1. The molecule has 0 aliphatic heterocycles. The first-order valence-electron chi connectivity index (χ1n) is 9.18. The zero-order valence-electron chi connectivity index (χ0n) is 15.6. The van der Waals surface area contributed by atoms with Gasteiger partial charge in [0.25, 0.3) is 5.91 Å². The fourth-order valence-corrected chi connectivity index (χ4v) is 3.70. The predicted molar refractivity (Wildman–Crippen MR) is 103 cm³/mol. The zero-order chi connectivity index (χ0) is 19.8. The van der Waals surface area contributed by atoms with E-state index in [2.05, 4.69) is 22.5 Å². The summed E-state index contributed by atoms with van der Waals surface area (Å²) in [4.78, 5) is 12.7. The van der Waals surface area contributed by atoms with Gasteiger partial charge in [0.1, 0.15) is 11.6 Å². The van der Waals surface area contributed by atoms with Crippen molar-refractivity contribution in [2.24, 2.45) is 5.92 Å². The Morgan fingerprint density at radius 3 is 3.04 bits per heavy atom. The molecule has 2 heterocycles. The molecule has 0 fully saturated rings. The summed E-state index contributed by atoms with van der Waals surface area (Å²) < 4.78 is 20.3. The number of carbonyl (C=O) groups is 1. The summed E-state index contributed by atoms with van der Waals surface area (Å²) >= 11 is 6.10. The molecule has 0 bridgehead atoms. The molecular formula is C20H20ClFN4O2. The van der Waals surface area contributed by atoms with Crippen LogP contribution >= 0.6 is 11.6 Å². The van der Waals surface area contributed by atoms with Crippen LogP contribution in [0, 0.1) is 18.7 Å². The Morgan fingerprint density at radius 1 is 1.43 bits per heavy atom. The normalized spacial score (nSPS) is 16.1. The lowest BCUT2D eigenvalue weighted by Crippen LogP contribution is -2.18. The minimum absolute atomic E-state index is 0.329. The van der Waals surface area contributed by atoms with Crippen molar-refractivity contribution in [2.75, 3.05) is 5.32 Å². The van der Waals surface area contributed by atoms with Gasteiger partial charge in [-0.2, -0.15) is 5.10 Å². The Labute approximate surface area is 166 Å². The van der Waals surface area contributed by atoms with E-state index in [0.717, 1.165) is 41.8 Å². The second-order valence-corrected chi connectivity index (χ2v) is 7.71. The number of fused-ring (bicyclic) bond motifs is 1. The van der Waals surface area contributed by atoms with E-state index in [-0.39, 0.29) is 11.7 Å². The van der Waals surface area contributed by atoms with Gasteiger partial charge in [-0.25, -0.2) is 4.39 Å². The first-order chi connectivity index (χ1) is 13.4. The molecular weight excluding hydrogens is 383 g/mol. The highest BCUT2D eigenvalue weighted by Crippen LogP contribution is 2.28. The van der Waals surface area contributed by atoms with Crippen LogP contribution in [0.5, 0.6) is 0 Å². The summed E-state index contributed by atoms with van der Waals surface area (Å²) in [5.74, 6) is 1.00. The number of aryl methyl sites for hydroxylation is 2. The van der Waals surface area contributed by atoms with E-state index in [0.29, 0.717) is 29.0 Å². The molecule has 1 N–H and O–H groups in total. The summed E-state index contributed by atoms with van der Waals surface area (Å²) in [6.07, 6.45) is 2.64. The number of amides is 1. The molecule has 6 nitrogen and oxygen atoms in total. The molecule has 1 unspecified atom stereocenters. The predicted octanol–water partition coefficient (Wildman–Crippen LogP) is 4.40. The molecule has 3 aromatic rings. The number of nitrogens with one attached hydrogen (secondary N) is 1. The lowest BCUT2D eigenvalue weighted by molar-refractivity contribution is 0.101. The van der Waals surface area contributed by atoms with Crippen molar-refractivity contribution >= 4 is 23.3 Å². The number of hydrogen-bond acceptors (Lipinski definition) is 4. The fraction of sp³-hybridized carbons (Fsp3) is 0.350. The number of carbonyl (C=O) groups excluding carboxylic acids is 1. The smallest absolute Gasteiger partial charge is 0.279 e. The van der Waals surface area contributed by atoms with E-state index in [1.807, 2.05) is 6.92 Å². The van der Waals surface area contributed by atoms with E-state index in [1.165, 1.54) is 12.1 Å². The van der Waals surface area contributed by atoms with Crippen molar-refractivity contribution in [1.82, 2.24) is 14.9 Å². The molecule has 0 radical (unpaired) electrons. The monoisotopic (exact) mass is 402 g/mol. The number of rotatable bonds is 4. The van der Waals surface area contributed by atoms with Crippen molar-refractivity contribution in [3.05, 3.63) is 63.4 Å². The van der Waals surface area contributed by atoms with Crippen LogP contribution in [-0.2, 0) is 19.4 Å². The van der Waals surface area contributed by atoms with E-state index >= 15 is 0 Å². The van der Waals surface area contributed by atoms with Crippen molar-refractivity contribution in [1.29, 1.82) is 0 Å².